The second-order valence-electron chi connectivity index (χ2n) is 4.36. The van der Waals surface area contributed by atoms with Gasteiger partial charge < -0.3 is 9.73 Å². The van der Waals surface area contributed by atoms with Gasteiger partial charge in [-0.25, -0.2) is 0 Å². The van der Waals surface area contributed by atoms with Crippen LogP contribution >= 0.6 is 12.2 Å². The van der Waals surface area contributed by atoms with E-state index in [0.717, 1.165) is 5.56 Å². The molecule has 2 N–H and O–H groups in total. The molecule has 0 spiro atoms. The van der Waals surface area contributed by atoms with Crippen molar-refractivity contribution in [1.82, 2.24) is 10.6 Å². The summed E-state index contributed by atoms with van der Waals surface area (Å²) in [5.41, 5.74) is 1.80. The molecule has 1 aliphatic rings. The fourth-order valence-electron chi connectivity index (χ4n) is 1.92. The number of carbonyl (C=O) groups excluding carboxylic acids is 1. The number of benzene rings is 1. The van der Waals surface area contributed by atoms with Crippen molar-refractivity contribution in [2.45, 2.75) is 0 Å². The van der Waals surface area contributed by atoms with Gasteiger partial charge in [0, 0.05) is 11.6 Å². The van der Waals surface area contributed by atoms with E-state index in [0.29, 0.717) is 22.8 Å². The Labute approximate surface area is 125 Å². The van der Waals surface area contributed by atoms with Crippen molar-refractivity contribution in [3.05, 3.63) is 53.4 Å². The molecule has 1 aromatic heterocycles. The zero-order valence-electron chi connectivity index (χ0n) is 10.7. The molecule has 0 unspecified atom stereocenters. The summed E-state index contributed by atoms with van der Waals surface area (Å²) < 4.78 is 5.67. The van der Waals surface area contributed by atoms with Gasteiger partial charge in [0.05, 0.1) is 11.6 Å². The molecular weight excluding hydrogens is 286 g/mol. The van der Waals surface area contributed by atoms with Crippen LogP contribution in [0.1, 0.15) is 11.3 Å². The third kappa shape index (κ3) is 2.68. The van der Waals surface area contributed by atoms with Crippen LogP contribution in [0.15, 0.2) is 46.5 Å². The number of nitrogens with zero attached hydrogens (tertiary/aromatic N) is 1. The third-order valence-electron chi connectivity index (χ3n) is 2.93. The van der Waals surface area contributed by atoms with Crippen molar-refractivity contribution >= 4 is 29.3 Å². The lowest BCUT2D eigenvalue weighted by atomic mass is 10.1. The zero-order valence-corrected chi connectivity index (χ0v) is 11.5. The highest BCUT2D eigenvalue weighted by Gasteiger charge is 2.20. The average Bonchev–Trinajstić information content (AvgIpc) is 3.07. The van der Waals surface area contributed by atoms with Crippen LogP contribution in [-0.4, -0.2) is 11.0 Å². The SMILES string of the molecule is N#Cc1ccc(-c2ccc(/C=C3\NC(=S)NC3=O)o2)cc1. The highest BCUT2D eigenvalue weighted by molar-refractivity contribution is 7.80. The molecule has 2 aromatic rings. The third-order valence-corrected chi connectivity index (χ3v) is 3.14. The molecule has 6 heteroatoms. The van der Waals surface area contributed by atoms with Gasteiger partial charge >= 0.3 is 0 Å². The molecule has 1 fully saturated rings. The Balaban J connectivity index is 1.86. The van der Waals surface area contributed by atoms with Crippen LogP contribution in [0.4, 0.5) is 0 Å². The van der Waals surface area contributed by atoms with Gasteiger partial charge in [0.2, 0.25) is 0 Å². The number of rotatable bonds is 2. The maximum absolute atomic E-state index is 11.5. The van der Waals surface area contributed by atoms with E-state index in [2.05, 4.69) is 16.7 Å². The normalized spacial score (nSPS) is 15.7. The molecule has 0 saturated carbocycles. The van der Waals surface area contributed by atoms with Gasteiger partial charge in [-0.3, -0.25) is 10.1 Å². The maximum atomic E-state index is 11.5. The van der Waals surface area contributed by atoms with E-state index < -0.39 is 0 Å². The molecule has 1 amide bonds. The van der Waals surface area contributed by atoms with E-state index in [1.54, 1.807) is 30.3 Å². The van der Waals surface area contributed by atoms with Gasteiger partial charge in [-0.15, -0.1) is 0 Å². The van der Waals surface area contributed by atoms with E-state index in [1.807, 2.05) is 12.1 Å². The van der Waals surface area contributed by atoms with Gasteiger partial charge in [0.25, 0.3) is 5.91 Å². The van der Waals surface area contributed by atoms with Gasteiger partial charge in [0.15, 0.2) is 5.11 Å². The molecular formula is C15H9N3O2S. The first kappa shape index (κ1) is 13.1. The molecule has 21 heavy (non-hydrogen) atoms. The fourth-order valence-corrected chi connectivity index (χ4v) is 2.12. The molecule has 0 aliphatic carbocycles. The van der Waals surface area contributed by atoms with Crippen LogP contribution in [-0.2, 0) is 4.79 Å². The summed E-state index contributed by atoms with van der Waals surface area (Å²) in [4.78, 5) is 11.5. The highest BCUT2D eigenvalue weighted by atomic mass is 32.1. The molecule has 0 atom stereocenters. The summed E-state index contributed by atoms with van der Waals surface area (Å²) in [6.07, 6.45) is 1.59. The minimum Gasteiger partial charge on any atom is -0.457 e. The van der Waals surface area contributed by atoms with Crippen molar-refractivity contribution in [3.8, 4) is 17.4 Å². The lowest BCUT2D eigenvalue weighted by molar-refractivity contribution is -0.115. The largest absolute Gasteiger partial charge is 0.457 e. The van der Waals surface area contributed by atoms with E-state index in [9.17, 15) is 4.79 Å². The molecule has 0 bridgehead atoms. The zero-order chi connectivity index (χ0) is 14.8. The van der Waals surface area contributed by atoms with Crippen LogP contribution < -0.4 is 10.6 Å². The van der Waals surface area contributed by atoms with Gasteiger partial charge in [-0.05, 0) is 48.6 Å². The van der Waals surface area contributed by atoms with Gasteiger partial charge in [-0.2, -0.15) is 5.26 Å². The van der Waals surface area contributed by atoms with Crippen LogP contribution in [0.2, 0.25) is 0 Å². The van der Waals surface area contributed by atoms with E-state index in [4.69, 9.17) is 21.9 Å². The number of nitrogens with one attached hydrogen (secondary N) is 2. The number of amides is 1. The van der Waals surface area contributed by atoms with E-state index >= 15 is 0 Å². The molecule has 2 heterocycles. The second-order valence-corrected chi connectivity index (χ2v) is 4.77. The maximum Gasteiger partial charge on any atom is 0.274 e. The summed E-state index contributed by atoms with van der Waals surface area (Å²) >= 11 is 4.85. The summed E-state index contributed by atoms with van der Waals surface area (Å²) in [7, 11) is 0. The topological polar surface area (TPSA) is 78.1 Å². The van der Waals surface area contributed by atoms with Crippen molar-refractivity contribution in [2.24, 2.45) is 0 Å². The Bertz CT molecular complexity index is 797. The van der Waals surface area contributed by atoms with Crippen LogP contribution in [0.3, 0.4) is 0 Å². The first-order valence-corrected chi connectivity index (χ1v) is 6.51. The van der Waals surface area contributed by atoms with Crippen molar-refractivity contribution in [3.63, 3.8) is 0 Å². The molecule has 3 rings (SSSR count). The number of hydrogen-bond acceptors (Lipinski definition) is 4. The van der Waals surface area contributed by atoms with Crippen molar-refractivity contribution < 1.29 is 9.21 Å². The van der Waals surface area contributed by atoms with E-state index in [-0.39, 0.29) is 11.0 Å². The van der Waals surface area contributed by atoms with Crippen LogP contribution in [0.5, 0.6) is 0 Å². The Kier molecular flexibility index (Phi) is 3.26. The Morgan fingerprint density at radius 2 is 1.90 bits per heavy atom. The predicted molar refractivity (Wildman–Crippen MR) is 80.7 cm³/mol. The minimum absolute atomic E-state index is 0.281. The molecule has 0 radical (unpaired) electrons. The average molecular weight is 295 g/mol. The van der Waals surface area contributed by atoms with Crippen LogP contribution in [0.25, 0.3) is 17.4 Å². The molecule has 1 saturated heterocycles. The number of carbonyl (C=O) groups is 1. The second kappa shape index (κ2) is 5.23. The quantitative estimate of drug-likeness (QED) is 0.656. The van der Waals surface area contributed by atoms with Crippen molar-refractivity contribution in [1.29, 1.82) is 5.26 Å². The summed E-state index contributed by atoms with van der Waals surface area (Å²) in [6.45, 7) is 0. The number of furan rings is 1. The monoisotopic (exact) mass is 295 g/mol. The smallest absolute Gasteiger partial charge is 0.274 e. The molecule has 5 nitrogen and oxygen atoms in total. The van der Waals surface area contributed by atoms with Crippen molar-refractivity contribution in [2.75, 3.05) is 0 Å². The summed E-state index contributed by atoms with van der Waals surface area (Å²) in [5, 5.41) is 14.3. The standard InChI is InChI=1S/C15H9N3O2S/c16-8-9-1-3-10(4-2-9)13-6-5-11(20-13)7-12-14(19)18-15(21)17-12/h1-7H,(H2,17,18,19,21)/b12-7-. The minimum atomic E-state index is -0.281. The predicted octanol–water partition coefficient (Wildman–Crippen LogP) is 2.16. The molecule has 1 aliphatic heterocycles. The summed E-state index contributed by atoms with van der Waals surface area (Å²) in [6, 6.07) is 12.7. The number of thiocarbonyl (C=S) groups is 1. The van der Waals surface area contributed by atoms with E-state index in [1.165, 1.54) is 0 Å². The lowest BCUT2D eigenvalue weighted by Crippen LogP contribution is -2.21. The fraction of sp³-hybridized carbons (Fsp3) is 0. The van der Waals surface area contributed by atoms with Crippen LogP contribution in [0, 0.1) is 11.3 Å². The first-order valence-electron chi connectivity index (χ1n) is 6.10. The Morgan fingerprint density at radius 3 is 2.52 bits per heavy atom. The number of hydrogen-bond donors (Lipinski definition) is 2. The molecule has 102 valence electrons. The summed E-state index contributed by atoms with van der Waals surface area (Å²) in [5.74, 6) is 0.917. The highest BCUT2D eigenvalue weighted by Crippen LogP contribution is 2.23. The Hall–Kier alpha value is -2.91. The lowest BCUT2D eigenvalue weighted by Gasteiger charge is -1.97. The Morgan fingerprint density at radius 1 is 1.14 bits per heavy atom. The molecule has 1 aromatic carbocycles. The number of nitriles is 1. The van der Waals surface area contributed by atoms with Gasteiger partial charge in [-0.1, -0.05) is 0 Å². The first-order chi connectivity index (χ1) is 10.2. The van der Waals surface area contributed by atoms with Gasteiger partial charge in [0.1, 0.15) is 17.2 Å².